The summed E-state index contributed by atoms with van der Waals surface area (Å²) in [5.41, 5.74) is 1.78. The van der Waals surface area contributed by atoms with E-state index in [2.05, 4.69) is 31.4 Å². The van der Waals surface area contributed by atoms with E-state index in [9.17, 15) is 4.79 Å². The summed E-state index contributed by atoms with van der Waals surface area (Å²) in [6, 6.07) is 10.7. The average molecular weight is 393 g/mol. The van der Waals surface area contributed by atoms with E-state index in [1.807, 2.05) is 18.2 Å². The van der Waals surface area contributed by atoms with Gasteiger partial charge in [-0.25, -0.2) is 0 Å². The van der Waals surface area contributed by atoms with Crippen molar-refractivity contribution in [3.8, 4) is 11.3 Å². The first kappa shape index (κ1) is 15.7. The van der Waals surface area contributed by atoms with Crippen molar-refractivity contribution < 1.29 is 9.32 Å². The molecule has 3 rings (SSSR count). The van der Waals surface area contributed by atoms with Gasteiger partial charge in [-0.1, -0.05) is 38.8 Å². The Hall–Kier alpha value is -2.18. The summed E-state index contributed by atoms with van der Waals surface area (Å²) in [6.07, 6.45) is 3.30. The number of benzene rings is 1. The minimum Gasteiger partial charge on any atom is -0.355 e. The molecule has 23 heavy (non-hydrogen) atoms. The summed E-state index contributed by atoms with van der Waals surface area (Å²) in [6.45, 7) is 0.306. The van der Waals surface area contributed by atoms with Gasteiger partial charge in [-0.2, -0.15) is 0 Å². The van der Waals surface area contributed by atoms with Gasteiger partial charge in [0.15, 0.2) is 11.5 Å². The van der Waals surface area contributed by atoms with Crippen LogP contribution >= 0.6 is 27.5 Å². The van der Waals surface area contributed by atoms with E-state index in [0.717, 1.165) is 15.6 Å². The Bertz CT molecular complexity index is 836. The first-order valence-corrected chi connectivity index (χ1v) is 7.90. The number of hydrogen-bond acceptors (Lipinski definition) is 4. The lowest BCUT2D eigenvalue weighted by Crippen LogP contribution is -2.23. The van der Waals surface area contributed by atoms with Crippen LogP contribution in [0.25, 0.3) is 11.3 Å². The minimum absolute atomic E-state index is 0.206. The predicted molar refractivity (Wildman–Crippen MR) is 90.1 cm³/mol. The second-order valence-electron chi connectivity index (χ2n) is 4.74. The van der Waals surface area contributed by atoms with Gasteiger partial charge in [0.25, 0.3) is 5.91 Å². The zero-order valence-electron chi connectivity index (χ0n) is 11.8. The smallest absolute Gasteiger partial charge is 0.273 e. The third-order valence-electron chi connectivity index (χ3n) is 3.14. The van der Waals surface area contributed by atoms with Crippen molar-refractivity contribution in [2.75, 3.05) is 0 Å². The van der Waals surface area contributed by atoms with Gasteiger partial charge in [0.1, 0.15) is 0 Å². The van der Waals surface area contributed by atoms with Gasteiger partial charge in [-0.15, -0.1) is 0 Å². The van der Waals surface area contributed by atoms with Crippen LogP contribution < -0.4 is 5.32 Å². The van der Waals surface area contributed by atoms with Gasteiger partial charge in [0.2, 0.25) is 0 Å². The molecule has 1 amide bonds. The summed E-state index contributed by atoms with van der Waals surface area (Å²) in [5, 5.41) is 7.13. The van der Waals surface area contributed by atoms with E-state index in [0.29, 0.717) is 17.3 Å². The van der Waals surface area contributed by atoms with Gasteiger partial charge >= 0.3 is 0 Å². The van der Waals surface area contributed by atoms with Crippen LogP contribution in [0.3, 0.4) is 0 Å². The van der Waals surface area contributed by atoms with E-state index in [1.54, 1.807) is 30.6 Å². The van der Waals surface area contributed by atoms with Gasteiger partial charge in [0.05, 0.1) is 0 Å². The number of carbonyl (C=O) groups is 1. The van der Waals surface area contributed by atoms with Crippen LogP contribution in [-0.4, -0.2) is 16.0 Å². The molecule has 0 bridgehead atoms. The maximum atomic E-state index is 12.1. The molecule has 5 nitrogen and oxygen atoms in total. The van der Waals surface area contributed by atoms with Crippen LogP contribution in [0, 0.1) is 0 Å². The van der Waals surface area contributed by atoms with Gasteiger partial charge < -0.3 is 9.84 Å². The highest BCUT2D eigenvalue weighted by molar-refractivity contribution is 9.10. The highest BCUT2D eigenvalue weighted by Gasteiger charge is 2.14. The Balaban J connectivity index is 1.68. The van der Waals surface area contributed by atoms with Crippen LogP contribution in [0.2, 0.25) is 5.02 Å². The molecule has 0 aliphatic rings. The fourth-order valence-corrected chi connectivity index (χ4v) is 2.70. The quantitative estimate of drug-likeness (QED) is 0.726. The number of carbonyl (C=O) groups excluding carboxylic acids is 1. The molecule has 2 aromatic heterocycles. The number of halogens is 2. The standard InChI is InChI=1S/C16H11BrClN3O2/c17-12-4-3-10(13(18)6-12)9-20-16(22)14-7-15(23-21-14)11-2-1-5-19-8-11/h1-8H,9H2,(H,20,22). The zero-order chi connectivity index (χ0) is 16.2. The summed E-state index contributed by atoms with van der Waals surface area (Å²) >= 11 is 9.46. The van der Waals surface area contributed by atoms with Crippen LogP contribution in [0.4, 0.5) is 0 Å². The number of hydrogen-bond donors (Lipinski definition) is 1. The molecule has 0 spiro atoms. The lowest BCUT2D eigenvalue weighted by Gasteiger charge is -2.05. The predicted octanol–water partition coefficient (Wildman–Crippen LogP) is 4.08. The van der Waals surface area contributed by atoms with E-state index >= 15 is 0 Å². The topological polar surface area (TPSA) is 68.0 Å². The van der Waals surface area contributed by atoms with Gasteiger partial charge in [-0.05, 0) is 29.8 Å². The number of nitrogens with one attached hydrogen (secondary N) is 1. The van der Waals surface area contributed by atoms with Crippen LogP contribution in [0.1, 0.15) is 16.1 Å². The maximum Gasteiger partial charge on any atom is 0.273 e. The normalized spacial score (nSPS) is 10.5. The summed E-state index contributed by atoms with van der Waals surface area (Å²) in [7, 11) is 0. The summed E-state index contributed by atoms with van der Waals surface area (Å²) in [5.74, 6) is 0.160. The van der Waals surface area contributed by atoms with E-state index in [-0.39, 0.29) is 11.6 Å². The Kier molecular flexibility index (Phi) is 4.73. The molecule has 116 valence electrons. The molecule has 1 aromatic carbocycles. The summed E-state index contributed by atoms with van der Waals surface area (Å²) < 4.78 is 6.06. The van der Waals surface area contributed by atoms with Crippen LogP contribution in [-0.2, 0) is 6.54 Å². The second kappa shape index (κ2) is 6.93. The van der Waals surface area contributed by atoms with E-state index in [1.165, 1.54) is 0 Å². The van der Waals surface area contributed by atoms with Crippen molar-refractivity contribution in [2.45, 2.75) is 6.54 Å². The lowest BCUT2D eigenvalue weighted by molar-refractivity contribution is 0.0942. The number of aromatic nitrogens is 2. The number of pyridine rings is 1. The third kappa shape index (κ3) is 3.78. The first-order valence-electron chi connectivity index (χ1n) is 6.73. The second-order valence-corrected chi connectivity index (χ2v) is 6.06. The molecule has 3 aromatic rings. The summed E-state index contributed by atoms with van der Waals surface area (Å²) in [4.78, 5) is 16.1. The molecule has 1 N–H and O–H groups in total. The minimum atomic E-state index is -0.331. The molecule has 0 aliphatic heterocycles. The van der Waals surface area contributed by atoms with Gasteiger partial charge in [0, 0.05) is 40.1 Å². The fraction of sp³-hybridized carbons (Fsp3) is 0.0625. The largest absolute Gasteiger partial charge is 0.355 e. The number of amides is 1. The highest BCUT2D eigenvalue weighted by atomic mass is 79.9. The van der Waals surface area contributed by atoms with Crippen molar-refractivity contribution in [3.05, 3.63) is 69.5 Å². The lowest BCUT2D eigenvalue weighted by atomic mass is 10.2. The molecule has 0 unspecified atom stereocenters. The van der Waals surface area contributed by atoms with Crippen molar-refractivity contribution in [1.29, 1.82) is 0 Å². The molecule has 0 atom stereocenters. The van der Waals surface area contributed by atoms with E-state index in [4.69, 9.17) is 16.1 Å². The molecule has 0 fully saturated rings. The fourth-order valence-electron chi connectivity index (χ4n) is 1.96. The van der Waals surface area contributed by atoms with Crippen molar-refractivity contribution >= 4 is 33.4 Å². The molecular formula is C16H11BrClN3O2. The Morgan fingerprint density at radius 2 is 2.17 bits per heavy atom. The SMILES string of the molecule is O=C(NCc1ccc(Br)cc1Cl)c1cc(-c2cccnc2)on1. The Morgan fingerprint density at radius 3 is 2.91 bits per heavy atom. The highest BCUT2D eigenvalue weighted by Crippen LogP contribution is 2.22. The zero-order valence-corrected chi connectivity index (χ0v) is 14.1. The average Bonchev–Trinajstić information content (AvgIpc) is 3.05. The maximum absolute atomic E-state index is 12.1. The van der Waals surface area contributed by atoms with Crippen molar-refractivity contribution in [2.24, 2.45) is 0 Å². The first-order chi connectivity index (χ1) is 11.1. The molecule has 0 radical (unpaired) electrons. The molecule has 2 heterocycles. The molecule has 0 aliphatic carbocycles. The van der Waals surface area contributed by atoms with E-state index < -0.39 is 0 Å². The molecular weight excluding hydrogens is 382 g/mol. The molecule has 7 heteroatoms. The van der Waals surface area contributed by atoms with Crippen molar-refractivity contribution in [1.82, 2.24) is 15.5 Å². The Labute approximate surface area is 145 Å². The monoisotopic (exact) mass is 391 g/mol. The number of nitrogens with zero attached hydrogens (tertiary/aromatic N) is 2. The third-order valence-corrected chi connectivity index (χ3v) is 3.99. The van der Waals surface area contributed by atoms with Gasteiger partial charge in [-0.3, -0.25) is 9.78 Å². The molecule has 0 saturated carbocycles. The van der Waals surface area contributed by atoms with Crippen LogP contribution in [0.5, 0.6) is 0 Å². The van der Waals surface area contributed by atoms with Crippen LogP contribution in [0.15, 0.2) is 57.8 Å². The Morgan fingerprint density at radius 1 is 1.30 bits per heavy atom. The molecule has 0 saturated heterocycles. The van der Waals surface area contributed by atoms with Crippen molar-refractivity contribution in [3.63, 3.8) is 0 Å². The number of rotatable bonds is 4.